The van der Waals surface area contributed by atoms with E-state index in [1.165, 1.54) is 12.8 Å². The van der Waals surface area contributed by atoms with E-state index in [1.54, 1.807) is 0 Å². The lowest BCUT2D eigenvalue weighted by Crippen LogP contribution is -2.40. The fourth-order valence-electron chi connectivity index (χ4n) is 1.50. The van der Waals surface area contributed by atoms with E-state index in [2.05, 4.69) is 36.5 Å². The maximum absolute atomic E-state index is 3.26. The summed E-state index contributed by atoms with van der Waals surface area (Å²) in [5, 5.41) is 0. The van der Waals surface area contributed by atoms with Crippen molar-refractivity contribution in [1.29, 1.82) is 0 Å². The second-order valence-electron chi connectivity index (χ2n) is 3.39. The molecule has 66 valence electrons. The van der Waals surface area contributed by atoms with Gasteiger partial charge >= 0.3 is 0 Å². The molecule has 1 fully saturated rings. The van der Waals surface area contributed by atoms with Crippen molar-refractivity contribution in [3.63, 3.8) is 0 Å². The zero-order valence-corrected chi connectivity index (χ0v) is 7.72. The molecule has 1 atom stereocenters. The Balaban J connectivity index is 2.37. The van der Waals surface area contributed by atoms with Crippen LogP contribution in [0.15, 0.2) is 0 Å². The molecular formula is C8H19N3. The van der Waals surface area contributed by atoms with Crippen molar-refractivity contribution in [2.45, 2.75) is 45.8 Å². The molecule has 1 unspecified atom stereocenters. The number of rotatable bonds is 3. The fraction of sp³-hybridized carbons (Fsp3) is 1.00. The lowest BCUT2D eigenvalue weighted by Gasteiger charge is -2.25. The van der Waals surface area contributed by atoms with Gasteiger partial charge in [-0.1, -0.05) is 13.3 Å². The summed E-state index contributed by atoms with van der Waals surface area (Å²) in [6.07, 6.45) is 3.01. The molecule has 0 spiro atoms. The Bertz CT molecular complexity index is 114. The van der Waals surface area contributed by atoms with E-state index in [0.717, 1.165) is 6.67 Å². The second kappa shape index (κ2) is 4.04. The second-order valence-corrected chi connectivity index (χ2v) is 3.39. The van der Waals surface area contributed by atoms with Crippen LogP contribution in [0.2, 0.25) is 0 Å². The molecule has 0 aromatic rings. The summed E-state index contributed by atoms with van der Waals surface area (Å²) < 4.78 is 0. The number of nitrogens with one attached hydrogen (secondary N) is 2. The summed E-state index contributed by atoms with van der Waals surface area (Å²) >= 11 is 0. The third-order valence-corrected chi connectivity index (χ3v) is 2.16. The first-order valence-electron chi connectivity index (χ1n) is 4.49. The molecule has 0 aromatic heterocycles. The van der Waals surface area contributed by atoms with E-state index in [0.29, 0.717) is 12.2 Å². The van der Waals surface area contributed by atoms with E-state index < -0.39 is 0 Å². The van der Waals surface area contributed by atoms with Gasteiger partial charge in [0, 0.05) is 6.04 Å². The zero-order chi connectivity index (χ0) is 8.27. The minimum absolute atomic E-state index is 0.542. The molecule has 2 N–H and O–H groups in total. The number of nitrogens with zero attached hydrogens (tertiary/aromatic N) is 1. The molecule has 0 radical (unpaired) electrons. The zero-order valence-electron chi connectivity index (χ0n) is 7.72. The largest absolute Gasteiger partial charge is 0.270 e. The van der Waals surface area contributed by atoms with Gasteiger partial charge in [-0.15, -0.1) is 0 Å². The maximum Gasteiger partial charge on any atom is 0.0742 e. The van der Waals surface area contributed by atoms with E-state index >= 15 is 0 Å². The van der Waals surface area contributed by atoms with E-state index in [4.69, 9.17) is 0 Å². The summed E-state index contributed by atoms with van der Waals surface area (Å²) in [5.41, 5.74) is 6.43. The van der Waals surface area contributed by atoms with E-state index in [9.17, 15) is 0 Å². The summed E-state index contributed by atoms with van der Waals surface area (Å²) in [5.74, 6) is 0. The average Bonchev–Trinajstić information content (AvgIpc) is 2.36. The van der Waals surface area contributed by atoms with Gasteiger partial charge in [0.05, 0.1) is 12.8 Å². The lowest BCUT2D eigenvalue weighted by molar-refractivity contribution is 0.184. The molecule has 1 aliphatic heterocycles. The Morgan fingerprint density at radius 2 is 2.27 bits per heavy atom. The van der Waals surface area contributed by atoms with Gasteiger partial charge in [0.25, 0.3) is 0 Å². The normalized spacial score (nSPS) is 26.7. The van der Waals surface area contributed by atoms with Crippen LogP contribution in [0.25, 0.3) is 0 Å². The average molecular weight is 157 g/mol. The molecule has 0 aliphatic carbocycles. The number of hydrogen-bond donors (Lipinski definition) is 2. The van der Waals surface area contributed by atoms with Gasteiger partial charge in [-0.25, -0.2) is 10.9 Å². The summed E-state index contributed by atoms with van der Waals surface area (Å²) in [6.45, 7) is 7.66. The van der Waals surface area contributed by atoms with Crippen molar-refractivity contribution in [1.82, 2.24) is 15.8 Å². The summed E-state index contributed by atoms with van der Waals surface area (Å²) in [6, 6.07) is 0.633. The Morgan fingerprint density at radius 1 is 1.55 bits per heavy atom. The van der Waals surface area contributed by atoms with Gasteiger partial charge in [0.15, 0.2) is 0 Å². The van der Waals surface area contributed by atoms with Crippen LogP contribution in [-0.2, 0) is 0 Å². The Labute approximate surface area is 69.1 Å². The topological polar surface area (TPSA) is 27.3 Å². The van der Waals surface area contributed by atoms with Crippen LogP contribution in [-0.4, -0.2) is 23.8 Å². The lowest BCUT2D eigenvalue weighted by atomic mass is 10.2. The minimum atomic E-state index is 0.542. The van der Waals surface area contributed by atoms with Gasteiger partial charge in [0.1, 0.15) is 0 Å². The quantitative estimate of drug-likeness (QED) is 0.637. The van der Waals surface area contributed by atoms with Crippen LogP contribution in [0.5, 0.6) is 0 Å². The van der Waals surface area contributed by atoms with Crippen molar-refractivity contribution < 1.29 is 0 Å². The van der Waals surface area contributed by atoms with Crippen LogP contribution < -0.4 is 10.9 Å². The maximum atomic E-state index is 3.26. The van der Waals surface area contributed by atoms with Gasteiger partial charge < -0.3 is 0 Å². The molecule has 1 aliphatic rings. The fourth-order valence-corrected chi connectivity index (χ4v) is 1.50. The van der Waals surface area contributed by atoms with Crippen LogP contribution in [0, 0.1) is 0 Å². The smallest absolute Gasteiger partial charge is 0.0742 e. The van der Waals surface area contributed by atoms with Crippen LogP contribution in [0.4, 0.5) is 0 Å². The molecule has 0 saturated carbocycles. The predicted octanol–water partition coefficient (Wildman–Crippen LogP) is 0.888. The first-order valence-corrected chi connectivity index (χ1v) is 4.49. The number of hydrazine groups is 1. The molecule has 0 bridgehead atoms. The Kier molecular flexibility index (Phi) is 3.30. The molecule has 0 aromatic carbocycles. The highest BCUT2D eigenvalue weighted by Gasteiger charge is 2.24. The van der Waals surface area contributed by atoms with Crippen molar-refractivity contribution in [2.75, 3.05) is 6.67 Å². The molecule has 1 heterocycles. The summed E-state index contributed by atoms with van der Waals surface area (Å²) in [4.78, 5) is 2.43. The first kappa shape index (κ1) is 8.97. The monoisotopic (exact) mass is 157 g/mol. The van der Waals surface area contributed by atoms with Gasteiger partial charge in [0.2, 0.25) is 0 Å². The molecule has 0 amide bonds. The molecule has 3 nitrogen and oxygen atoms in total. The highest BCUT2D eigenvalue weighted by atomic mass is 15.6. The Hall–Kier alpha value is -0.120. The molecule has 3 heteroatoms. The minimum Gasteiger partial charge on any atom is -0.270 e. The highest BCUT2D eigenvalue weighted by molar-refractivity contribution is 4.74. The molecular weight excluding hydrogens is 138 g/mol. The molecule has 1 saturated heterocycles. The molecule has 1 rings (SSSR count). The third-order valence-electron chi connectivity index (χ3n) is 2.16. The van der Waals surface area contributed by atoms with Crippen LogP contribution >= 0.6 is 0 Å². The summed E-state index contributed by atoms with van der Waals surface area (Å²) in [7, 11) is 0. The van der Waals surface area contributed by atoms with Gasteiger partial charge in [-0.2, -0.15) is 0 Å². The van der Waals surface area contributed by atoms with Crippen LogP contribution in [0.1, 0.15) is 33.6 Å². The van der Waals surface area contributed by atoms with Gasteiger partial charge in [-0.05, 0) is 20.3 Å². The van der Waals surface area contributed by atoms with Crippen molar-refractivity contribution in [2.24, 2.45) is 0 Å². The van der Waals surface area contributed by atoms with Crippen molar-refractivity contribution in [3.05, 3.63) is 0 Å². The highest BCUT2D eigenvalue weighted by Crippen LogP contribution is 2.09. The van der Waals surface area contributed by atoms with E-state index in [-0.39, 0.29) is 0 Å². The first-order chi connectivity index (χ1) is 5.25. The Morgan fingerprint density at radius 3 is 2.82 bits per heavy atom. The molecule has 11 heavy (non-hydrogen) atoms. The van der Waals surface area contributed by atoms with Gasteiger partial charge in [-0.3, -0.25) is 4.90 Å². The third kappa shape index (κ3) is 2.15. The van der Waals surface area contributed by atoms with Crippen molar-refractivity contribution >= 4 is 0 Å². The van der Waals surface area contributed by atoms with E-state index in [1.807, 2.05) is 0 Å². The number of hydrogen-bond acceptors (Lipinski definition) is 3. The SMILES string of the molecule is CCCC1NNCN1C(C)C. The predicted molar refractivity (Wildman–Crippen MR) is 46.8 cm³/mol. The standard InChI is InChI=1S/C8H19N3/c1-4-5-8-10-9-6-11(8)7(2)3/h7-10H,4-6H2,1-3H3. The van der Waals surface area contributed by atoms with Crippen LogP contribution in [0.3, 0.4) is 0 Å². The van der Waals surface area contributed by atoms with Crippen molar-refractivity contribution in [3.8, 4) is 0 Å².